The summed E-state index contributed by atoms with van der Waals surface area (Å²) < 4.78 is 17.0. The number of nitrogens with one attached hydrogen (secondary N) is 1. The average Bonchev–Trinajstić information content (AvgIpc) is 3.31. The number of nitrogens with zero attached hydrogens (tertiary/aromatic N) is 1. The number of amides is 2. The Morgan fingerprint density at radius 1 is 0.944 bits per heavy atom. The molecule has 1 atom stereocenters. The zero-order chi connectivity index (χ0) is 25.2. The van der Waals surface area contributed by atoms with Crippen LogP contribution in [0, 0.1) is 5.92 Å². The highest BCUT2D eigenvalue weighted by atomic mass is 16.7. The van der Waals surface area contributed by atoms with E-state index >= 15 is 0 Å². The Kier molecular flexibility index (Phi) is 8.95. The van der Waals surface area contributed by atoms with Crippen LogP contribution >= 0.6 is 0 Å². The van der Waals surface area contributed by atoms with E-state index in [0.717, 1.165) is 29.0 Å². The quantitative estimate of drug-likeness (QED) is 0.292. The van der Waals surface area contributed by atoms with Crippen LogP contribution in [0.5, 0.6) is 0 Å². The monoisotopic (exact) mass is 494 g/mol. The Balaban J connectivity index is 1.48. The Bertz CT molecular complexity index is 1010. The van der Waals surface area contributed by atoms with Crippen molar-refractivity contribution in [3.8, 4) is 0 Å². The molecule has 2 aromatic rings. The lowest BCUT2D eigenvalue weighted by molar-refractivity contribution is -0.293. The van der Waals surface area contributed by atoms with Gasteiger partial charge in [-0.25, -0.2) is 10.2 Å². The van der Waals surface area contributed by atoms with Crippen molar-refractivity contribution in [2.75, 3.05) is 0 Å². The van der Waals surface area contributed by atoms with Crippen molar-refractivity contribution >= 4 is 18.0 Å². The number of hydrazine groups is 1. The molecule has 0 spiro atoms. The molecule has 0 bridgehead atoms. The van der Waals surface area contributed by atoms with E-state index in [1.807, 2.05) is 60.7 Å². The van der Waals surface area contributed by atoms with Crippen molar-refractivity contribution < 1.29 is 28.6 Å². The molecule has 0 radical (unpaired) electrons. The minimum atomic E-state index is -1.73. The van der Waals surface area contributed by atoms with E-state index in [9.17, 15) is 14.4 Å². The summed E-state index contributed by atoms with van der Waals surface area (Å²) in [5, 5.41) is 1.04. The molecule has 0 aromatic heterocycles. The van der Waals surface area contributed by atoms with Crippen molar-refractivity contribution in [1.29, 1.82) is 0 Å². The first-order valence-corrected chi connectivity index (χ1v) is 12.7. The Morgan fingerprint density at radius 2 is 1.58 bits per heavy atom. The molecule has 1 aliphatic heterocycles. The minimum absolute atomic E-state index is 0.0361. The number of carbonyl (C=O) groups excluding carboxylic acids is 3. The first-order chi connectivity index (χ1) is 17.5. The molecule has 2 amide bonds. The first kappa shape index (κ1) is 25.7. The van der Waals surface area contributed by atoms with Crippen LogP contribution in [-0.4, -0.2) is 28.9 Å². The van der Waals surface area contributed by atoms with Crippen molar-refractivity contribution in [3.05, 3.63) is 71.8 Å². The summed E-state index contributed by atoms with van der Waals surface area (Å²) in [4.78, 5) is 38.5. The number of hydrogen-bond acceptors (Lipinski definition) is 6. The normalized spacial score (nSPS) is 19.9. The standard InChI is InChI=1S/C28H34N2O6/c31-25(17-16-22-10-4-1-5-11-22)30(29-27(33)34-20-23-12-6-2-7-13-23)28(19-18-26(32)36-28)35-21-24-14-8-3-9-15-24/h2-3,6-9,12-15,22H,1,4-5,10-11,16-21H2,(H,29,33)/t28-/m0/s1. The van der Waals surface area contributed by atoms with Gasteiger partial charge >= 0.3 is 18.0 Å². The molecular formula is C28H34N2O6. The molecule has 2 aromatic carbocycles. The van der Waals surface area contributed by atoms with Crippen LogP contribution in [-0.2, 0) is 37.0 Å². The van der Waals surface area contributed by atoms with Crippen LogP contribution in [0.1, 0.15) is 68.9 Å². The van der Waals surface area contributed by atoms with Crippen LogP contribution in [0.4, 0.5) is 4.79 Å². The maximum Gasteiger partial charge on any atom is 0.426 e. The van der Waals surface area contributed by atoms with Crippen LogP contribution < -0.4 is 5.43 Å². The summed E-state index contributed by atoms with van der Waals surface area (Å²) in [6.07, 6.45) is 6.05. The fraction of sp³-hybridized carbons (Fsp3) is 0.464. The van der Waals surface area contributed by atoms with Gasteiger partial charge in [0.25, 0.3) is 0 Å². The number of hydrogen-bond donors (Lipinski definition) is 1. The maximum atomic E-state index is 13.5. The predicted molar refractivity (Wildman–Crippen MR) is 132 cm³/mol. The van der Waals surface area contributed by atoms with E-state index in [1.165, 1.54) is 19.3 Å². The predicted octanol–water partition coefficient (Wildman–Crippen LogP) is 5.22. The summed E-state index contributed by atoms with van der Waals surface area (Å²) in [5.41, 5.74) is 4.19. The maximum absolute atomic E-state index is 13.5. The average molecular weight is 495 g/mol. The Hall–Kier alpha value is -3.39. The molecule has 2 aliphatic rings. The van der Waals surface area contributed by atoms with Gasteiger partial charge in [0.1, 0.15) is 6.61 Å². The van der Waals surface area contributed by atoms with Gasteiger partial charge in [-0.3, -0.25) is 9.59 Å². The van der Waals surface area contributed by atoms with Gasteiger partial charge in [-0.05, 0) is 23.5 Å². The van der Waals surface area contributed by atoms with Crippen LogP contribution in [0.25, 0.3) is 0 Å². The van der Waals surface area contributed by atoms with E-state index in [2.05, 4.69) is 5.43 Å². The van der Waals surface area contributed by atoms with Crippen LogP contribution in [0.3, 0.4) is 0 Å². The highest BCUT2D eigenvalue weighted by molar-refractivity contribution is 5.81. The summed E-state index contributed by atoms with van der Waals surface area (Å²) in [6, 6.07) is 18.6. The third kappa shape index (κ3) is 7.07. The Morgan fingerprint density at radius 3 is 2.19 bits per heavy atom. The van der Waals surface area contributed by atoms with E-state index in [-0.39, 0.29) is 38.4 Å². The van der Waals surface area contributed by atoms with Gasteiger partial charge in [0.2, 0.25) is 5.91 Å². The number of ether oxygens (including phenoxy) is 3. The van der Waals surface area contributed by atoms with Crippen LogP contribution in [0.15, 0.2) is 60.7 Å². The highest BCUT2D eigenvalue weighted by Crippen LogP contribution is 2.34. The number of benzene rings is 2. The van der Waals surface area contributed by atoms with Gasteiger partial charge in [-0.15, -0.1) is 0 Å². The zero-order valence-corrected chi connectivity index (χ0v) is 20.5. The molecule has 4 rings (SSSR count). The second-order valence-electron chi connectivity index (χ2n) is 9.41. The molecule has 8 nitrogen and oxygen atoms in total. The largest absolute Gasteiger partial charge is 0.443 e. The van der Waals surface area contributed by atoms with E-state index in [1.54, 1.807) is 0 Å². The van der Waals surface area contributed by atoms with Crippen molar-refractivity contribution in [2.24, 2.45) is 5.92 Å². The van der Waals surface area contributed by atoms with Crippen LogP contribution in [0.2, 0.25) is 0 Å². The zero-order valence-electron chi connectivity index (χ0n) is 20.5. The lowest BCUT2D eigenvalue weighted by Gasteiger charge is -2.38. The van der Waals surface area contributed by atoms with E-state index in [4.69, 9.17) is 14.2 Å². The van der Waals surface area contributed by atoms with Crippen molar-refractivity contribution in [2.45, 2.75) is 76.9 Å². The number of carbonyl (C=O) groups is 3. The fourth-order valence-corrected chi connectivity index (χ4v) is 4.73. The molecule has 1 aliphatic carbocycles. The molecule has 1 heterocycles. The minimum Gasteiger partial charge on any atom is -0.443 e. The highest BCUT2D eigenvalue weighted by Gasteiger charge is 2.51. The summed E-state index contributed by atoms with van der Waals surface area (Å²) >= 11 is 0. The second kappa shape index (κ2) is 12.5. The van der Waals surface area contributed by atoms with Gasteiger partial charge in [-0.1, -0.05) is 92.8 Å². The topological polar surface area (TPSA) is 94.2 Å². The Labute approximate surface area is 211 Å². The molecule has 2 fully saturated rings. The van der Waals surface area contributed by atoms with Crippen molar-refractivity contribution in [1.82, 2.24) is 10.4 Å². The van der Waals surface area contributed by atoms with Gasteiger partial charge in [-0.2, -0.15) is 5.01 Å². The smallest absolute Gasteiger partial charge is 0.426 e. The third-order valence-corrected chi connectivity index (χ3v) is 6.72. The molecule has 192 valence electrons. The SMILES string of the molecule is O=C1CC[C@@](OCc2ccccc2)(N(NC(=O)OCc2ccccc2)C(=O)CCC2CCCCC2)O1. The molecule has 0 unspecified atom stereocenters. The number of esters is 1. The van der Waals surface area contributed by atoms with E-state index < -0.39 is 18.0 Å². The molecular weight excluding hydrogens is 460 g/mol. The van der Waals surface area contributed by atoms with Gasteiger partial charge in [0.15, 0.2) is 0 Å². The van der Waals surface area contributed by atoms with Gasteiger partial charge in [0.05, 0.1) is 13.0 Å². The second-order valence-corrected chi connectivity index (χ2v) is 9.41. The molecule has 1 saturated carbocycles. The summed E-state index contributed by atoms with van der Waals surface area (Å²) in [7, 11) is 0. The van der Waals surface area contributed by atoms with Gasteiger partial charge < -0.3 is 14.2 Å². The summed E-state index contributed by atoms with van der Waals surface area (Å²) in [6.45, 7) is 0.135. The lowest BCUT2D eigenvalue weighted by Crippen LogP contribution is -2.61. The van der Waals surface area contributed by atoms with Gasteiger partial charge in [0, 0.05) is 12.8 Å². The molecule has 1 N–H and O–H groups in total. The third-order valence-electron chi connectivity index (χ3n) is 6.72. The molecule has 1 saturated heterocycles. The molecule has 36 heavy (non-hydrogen) atoms. The number of rotatable bonds is 9. The first-order valence-electron chi connectivity index (χ1n) is 12.7. The van der Waals surface area contributed by atoms with Crippen molar-refractivity contribution in [3.63, 3.8) is 0 Å². The van der Waals surface area contributed by atoms with E-state index in [0.29, 0.717) is 12.3 Å². The summed E-state index contributed by atoms with van der Waals surface area (Å²) in [5.74, 6) is -2.13. The molecule has 8 heteroatoms. The fourth-order valence-electron chi connectivity index (χ4n) is 4.73. The lowest BCUT2D eigenvalue weighted by atomic mass is 9.86. The number of cyclic esters (lactones) is 1.